The fraction of sp³-hybridized carbons (Fsp3) is 0.357. The number of para-hydroxylation sites is 1. The minimum Gasteiger partial charge on any atom is -0.496 e. The van der Waals surface area contributed by atoms with Gasteiger partial charge in [-0.25, -0.2) is 4.98 Å². The monoisotopic (exact) mass is 469 g/mol. The average molecular weight is 470 g/mol. The van der Waals surface area contributed by atoms with Crippen molar-refractivity contribution in [3.63, 3.8) is 0 Å². The van der Waals surface area contributed by atoms with Crippen LogP contribution in [-0.4, -0.2) is 50.8 Å². The predicted molar refractivity (Wildman–Crippen MR) is 136 cm³/mol. The van der Waals surface area contributed by atoms with Crippen LogP contribution in [0.5, 0.6) is 5.75 Å². The number of nitrogens with zero attached hydrogens (tertiary/aromatic N) is 5. The van der Waals surface area contributed by atoms with Gasteiger partial charge in [-0.3, -0.25) is 14.5 Å². The molecule has 0 N–H and O–H groups in total. The highest BCUT2D eigenvalue weighted by Gasteiger charge is 2.36. The maximum absolute atomic E-state index is 13.4. The van der Waals surface area contributed by atoms with Gasteiger partial charge in [0.1, 0.15) is 5.75 Å². The second kappa shape index (κ2) is 9.13. The standard InChI is InChI=1S/C28H31N5O2/c1-19-23-12-13-25(30-26(23)32(3)31-19)28(2)14-7-15-33(18-28)27(34)21-10-11-22(29-17-21)16-20-8-5-6-9-24(20)35-4/h5-6,8-13,17H,7,14-16,18H2,1-4H3/t28-/m0/s1. The van der Waals surface area contributed by atoms with E-state index in [1.54, 1.807) is 13.3 Å². The van der Waals surface area contributed by atoms with Gasteiger partial charge in [0.15, 0.2) is 5.65 Å². The van der Waals surface area contributed by atoms with Crippen molar-refractivity contribution < 1.29 is 9.53 Å². The molecule has 1 aliphatic rings. The SMILES string of the molecule is COc1ccccc1Cc1ccc(C(=O)N2CCC[C@](C)(c3ccc4c(C)nn(C)c4n3)C2)cn1. The van der Waals surface area contributed by atoms with Gasteiger partial charge < -0.3 is 9.64 Å². The molecule has 0 radical (unpaired) electrons. The predicted octanol–water partition coefficient (Wildman–Crippen LogP) is 4.47. The van der Waals surface area contributed by atoms with Gasteiger partial charge in [-0.2, -0.15) is 5.10 Å². The van der Waals surface area contributed by atoms with Gasteiger partial charge in [-0.05, 0) is 50.1 Å². The third-order valence-corrected chi connectivity index (χ3v) is 7.11. The topological polar surface area (TPSA) is 73.1 Å². The molecule has 1 saturated heterocycles. The fourth-order valence-electron chi connectivity index (χ4n) is 5.14. The van der Waals surface area contributed by atoms with E-state index in [1.165, 1.54) is 0 Å². The first kappa shape index (κ1) is 23.0. The maximum atomic E-state index is 13.4. The highest BCUT2D eigenvalue weighted by Crippen LogP contribution is 2.34. The van der Waals surface area contributed by atoms with Crippen LogP contribution >= 0.6 is 0 Å². The number of rotatable bonds is 5. The van der Waals surface area contributed by atoms with Crippen LogP contribution in [0.3, 0.4) is 0 Å². The van der Waals surface area contributed by atoms with Gasteiger partial charge in [0.05, 0.1) is 24.1 Å². The number of fused-ring (bicyclic) bond motifs is 1. The molecule has 0 spiro atoms. The maximum Gasteiger partial charge on any atom is 0.255 e. The summed E-state index contributed by atoms with van der Waals surface area (Å²) >= 11 is 0. The van der Waals surface area contributed by atoms with Crippen molar-refractivity contribution in [1.29, 1.82) is 0 Å². The first-order valence-corrected chi connectivity index (χ1v) is 12.0. The second-order valence-electron chi connectivity index (χ2n) is 9.69. The van der Waals surface area contributed by atoms with Crippen LogP contribution in [0.4, 0.5) is 0 Å². The number of amides is 1. The number of ether oxygens (including phenoxy) is 1. The Balaban J connectivity index is 1.33. The molecule has 0 saturated carbocycles. The lowest BCUT2D eigenvalue weighted by Crippen LogP contribution is -2.47. The van der Waals surface area contributed by atoms with Crippen molar-refractivity contribution in [3.8, 4) is 5.75 Å². The van der Waals surface area contributed by atoms with Crippen molar-refractivity contribution in [2.45, 2.75) is 38.5 Å². The van der Waals surface area contributed by atoms with Gasteiger partial charge in [0, 0.05) is 54.8 Å². The van der Waals surface area contributed by atoms with Gasteiger partial charge in [0.2, 0.25) is 0 Å². The van der Waals surface area contributed by atoms with Gasteiger partial charge in [-0.1, -0.05) is 25.1 Å². The van der Waals surface area contributed by atoms with Crippen LogP contribution in [0.15, 0.2) is 54.7 Å². The number of aryl methyl sites for hydroxylation is 2. The lowest BCUT2D eigenvalue weighted by Gasteiger charge is -2.40. The van der Waals surface area contributed by atoms with Gasteiger partial charge >= 0.3 is 0 Å². The molecule has 35 heavy (non-hydrogen) atoms. The van der Waals surface area contributed by atoms with Crippen molar-refractivity contribution in [3.05, 3.63) is 82.9 Å². The Bertz CT molecular complexity index is 1380. The van der Waals surface area contributed by atoms with E-state index in [0.717, 1.165) is 58.8 Å². The molecule has 7 heteroatoms. The fourth-order valence-corrected chi connectivity index (χ4v) is 5.14. The first-order valence-electron chi connectivity index (χ1n) is 12.0. The van der Waals surface area contributed by atoms with E-state index in [2.05, 4.69) is 29.1 Å². The van der Waals surface area contributed by atoms with E-state index < -0.39 is 0 Å². The van der Waals surface area contributed by atoms with Crippen LogP contribution in [-0.2, 0) is 18.9 Å². The Labute approximate surface area is 205 Å². The Hall–Kier alpha value is -3.74. The summed E-state index contributed by atoms with van der Waals surface area (Å²) in [6.07, 6.45) is 4.28. The number of carbonyl (C=O) groups is 1. The molecule has 1 fully saturated rings. The summed E-state index contributed by atoms with van der Waals surface area (Å²) in [7, 11) is 3.60. The van der Waals surface area contributed by atoms with Gasteiger partial charge in [0.25, 0.3) is 5.91 Å². The number of methoxy groups -OCH3 is 1. The average Bonchev–Trinajstić information content (AvgIpc) is 3.17. The number of likely N-dealkylation sites (tertiary alicyclic amines) is 1. The number of pyridine rings is 2. The van der Waals surface area contributed by atoms with Crippen LogP contribution in [0, 0.1) is 6.92 Å². The van der Waals surface area contributed by atoms with E-state index in [9.17, 15) is 4.79 Å². The van der Waals surface area contributed by atoms with Crippen molar-refractivity contribution >= 4 is 16.9 Å². The highest BCUT2D eigenvalue weighted by molar-refractivity contribution is 5.94. The molecule has 180 valence electrons. The summed E-state index contributed by atoms with van der Waals surface area (Å²) in [4.78, 5) is 24.9. The minimum absolute atomic E-state index is 0.0183. The molecule has 0 aliphatic carbocycles. The van der Waals surface area contributed by atoms with E-state index in [0.29, 0.717) is 18.5 Å². The lowest BCUT2D eigenvalue weighted by atomic mass is 9.78. The zero-order chi connectivity index (χ0) is 24.6. The summed E-state index contributed by atoms with van der Waals surface area (Å²) in [6.45, 7) is 5.58. The van der Waals surface area contributed by atoms with Crippen molar-refractivity contribution in [2.24, 2.45) is 7.05 Å². The number of benzene rings is 1. The smallest absolute Gasteiger partial charge is 0.255 e. The number of hydrogen-bond donors (Lipinski definition) is 0. The van der Waals surface area contributed by atoms with Crippen LogP contribution in [0.25, 0.3) is 11.0 Å². The molecule has 7 nitrogen and oxygen atoms in total. The van der Waals surface area contributed by atoms with E-state index >= 15 is 0 Å². The summed E-state index contributed by atoms with van der Waals surface area (Å²) in [5, 5.41) is 5.57. The molecule has 1 aliphatic heterocycles. The Morgan fingerprint density at radius 2 is 1.97 bits per heavy atom. The van der Waals surface area contributed by atoms with E-state index in [-0.39, 0.29) is 11.3 Å². The molecule has 0 bridgehead atoms. The zero-order valence-electron chi connectivity index (χ0n) is 20.8. The van der Waals surface area contributed by atoms with Crippen molar-refractivity contribution in [2.75, 3.05) is 20.2 Å². The largest absolute Gasteiger partial charge is 0.496 e. The molecule has 1 amide bonds. The molecule has 3 aromatic heterocycles. The molecular formula is C28H31N5O2. The number of aromatic nitrogens is 4. The Kier molecular flexibility index (Phi) is 6.01. The summed E-state index contributed by atoms with van der Waals surface area (Å²) < 4.78 is 7.28. The molecule has 4 heterocycles. The lowest BCUT2D eigenvalue weighted by molar-refractivity contribution is 0.0647. The number of carbonyl (C=O) groups excluding carboxylic acids is 1. The van der Waals surface area contributed by atoms with Gasteiger partial charge in [-0.15, -0.1) is 0 Å². The Morgan fingerprint density at radius 1 is 1.14 bits per heavy atom. The third-order valence-electron chi connectivity index (χ3n) is 7.11. The second-order valence-corrected chi connectivity index (χ2v) is 9.69. The number of piperidine rings is 1. The molecule has 0 unspecified atom stereocenters. The molecule has 4 aromatic rings. The molecular weight excluding hydrogens is 438 g/mol. The normalized spacial score (nSPS) is 18.1. The highest BCUT2D eigenvalue weighted by atomic mass is 16.5. The van der Waals surface area contributed by atoms with Crippen LogP contribution in [0.1, 0.15) is 52.8 Å². The summed E-state index contributed by atoms with van der Waals surface area (Å²) in [5.41, 5.74) is 5.25. The zero-order valence-corrected chi connectivity index (χ0v) is 20.8. The molecule has 1 atom stereocenters. The Morgan fingerprint density at radius 3 is 2.74 bits per heavy atom. The van der Waals surface area contributed by atoms with Crippen molar-refractivity contribution in [1.82, 2.24) is 24.6 Å². The van der Waals surface area contributed by atoms with Crippen LogP contribution in [0.2, 0.25) is 0 Å². The summed E-state index contributed by atoms with van der Waals surface area (Å²) in [6, 6.07) is 15.9. The summed E-state index contributed by atoms with van der Waals surface area (Å²) in [5.74, 6) is 0.861. The quantitative estimate of drug-likeness (QED) is 0.431. The van der Waals surface area contributed by atoms with Crippen LogP contribution < -0.4 is 4.74 Å². The first-order chi connectivity index (χ1) is 16.9. The van der Waals surface area contributed by atoms with E-state index in [1.807, 2.05) is 60.0 Å². The van der Waals surface area contributed by atoms with E-state index in [4.69, 9.17) is 9.72 Å². The molecule has 5 rings (SSSR count). The number of hydrogen-bond acceptors (Lipinski definition) is 5. The molecule has 1 aromatic carbocycles. The minimum atomic E-state index is -0.211. The third kappa shape index (κ3) is 4.38.